The summed E-state index contributed by atoms with van der Waals surface area (Å²) in [5, 5.41) is 22.5. The molecule has 21 nitrogen and oxygen atoms in total. The van der Waals surface area contributed by atoms with Gasteiger partial charge in [-0.25, -0.2) is 39.7 Å². The van der Waals surface area contributed by atoms with Gasteiger partial charge in [-0.2, -0.15) is 13.2 Å². The van der Waals surface area contributed by atoms with Gasteiger partial charge in [-0.05, 0) is 166 Å². The van der Waals surface area contributed by atoms with E-state index in [0.717, 1.165) is 117 Å². The summed E-state index contributed by atoms with van der Waals surface area (Å²) >= 11 is 2.90. The van der Waals surface area contributed by atoms with E-state index in [4.69, 9.17) is 0 Å². The van der Waals surface area contributed by atoms with Crippen LogP contribution in [-0.4, -0.2) is 209 Å². The molecule has 7 fully saturated rings. The van der Waals surface area contributed by atoms with Gasteiger partial charge in [0.1, 0.15) is 17.0 Å². The van der Waals surface area contributed by atoms with Gasteiger partial charge < -0.3 is 46.0 Å². The highest BCUT2D eigenvalue weighted by atomic mass is 32.2. The van der Waals surface area contributed by atoms with Crippen molar-refractivity contribution in [3.05, 3.63) is 131 Å². The number of aliphatic hydroxyl groups is 1. The number of allylic oxidation sites excluding steroid dienone is 1. The lowest BCUT2D eigenvalue weighted by molar-refractivity contribution is -0.250. The molecule has 6 N–H and O–H groups in total. The van der Waals surface area contributed by atoms with Gasteiger partial charge in [0.15, 0.2) is 5.67 Å². The molecule has 0 radical (unpaired) electrons. The smallest absolute Gasteiger partial charge is 0.391 e. The van der Waals surface area contributed by atoms with E-state index >= 15 is 0 Å². The molecular formula is C81H105F6N11O10S4. The largest absolute Gasteiger partial charge is 0.501 e. The summed E-state index contributed by atoms with van der Waals surface area (Å²) in [6.45, 7) is 19.6. The molecule has 2 bridgehead atoms. The van der Waals surface area contributed by atoms with Crippen LogP contribution in [0.25, 0.3) is 10.4 Å². The molecular weight excluding hydrogens is 1530 g/mol. The lowest BCUT2D eigenvalue weighted by Crippen LogP contribution is -2.66. The number of carbonyl (C=O) groups is 5. The van der Waals surface area contributed by atoms with Crippen LogP contribution in [0.3, 0.4) is 0 Å². The van der Waals surface area contributed by atoms with Gasteiger partial charge in [0.25, 0.3) is 31.7 Å². The number of unbranched alkanes of at least 4 members (excludes halogenated alkanes) is 3. The molecule has 4 heterocycles. The molecule has 5 aliphatic carbocycles. The van der Waals surface area contributed by atoms with E-state index in [-0.39, 0.29) is 54.5 Å². The van der Waals surface area contributed by atoms with Gasteiger partial charge in [0.05, 0.1) is 45.2 Å². The number of rotatable bonds is 33. The van der Waals surface area contributed by atoms with Crippen LogP contribution in [0.2, 0.25) is 0 Å². The Kier molecular flexibility index (Phi) is 25.9. The third-order valence-corrected chi connectivity index (χ3v) is 28.6. The molecule has 3 aliphatic heterocycles. The monoisotopic (exact) mass is 1630 g/mol. The van der Waals surface area contributed by atoms with Crippen LogP contribution < -0.4 is 30.9 Å². The minimum Gasteiger partial charge on any atom is -0.391 e. The molecule has 8 aliphatic rings. The number of hydrogen-bond acceptors (Lipinski definition) is 18. The Balaban J connectivity index is 0.605. The third-order valence-electron chi connectivity index (χ3n) is 23.6. The summed E-state index contributed by atoms with van der Waals surface area (Å²) in [6, 6.07) is 21.6. The van der Waals surface area contributed by atoms with Crippen LogP contribution in [0, 0.1) is 28.6 Å². The number of nitrogens with zero attached hydrogens (tertiary/aromatic N) is 6. The maximum Gasteiger partial charge on any atom is 0.501 e. The zero-order chi connectivity index (χ0) is 80.3. The standard InChI is InChI=1S/C81H105F6N11O10S4/c1-53-69(110-52-89-53)55-18-16-54(17-19-55)65(91-72(102)66-42-60(99)47-98(66)73(103)70(76(2,3)4)92-75(104)80(84)29-30-80)44-68(100)88-31-12-7-8-13-32-94-34-36-95(37-35-94)33-27-58(48-109-61-14-10-9-11-15-61)90-64-25-24-62(43-67(64)111(105,106)81(85,86)87)112(107,108)93-71(101)56-20-22-59(23-21-56)97-40-38-96(39-41-97)46-57-26-28-77(5,6)45-63(57)78-49-79(50-78,51-78)74(82)83/h9-11,14-25,43,52,58,60,65-66,70,74,90,99H,7-8,12-13,26-42,44-51H2,1-6H3,(H,88,100)(H,91,102)(H,92,104)(H,93,101)/t58-,60?,65+,66?,70-,78?,79?/m1/s1. The summed E-state index contributed by atoms with van der Waals surface area (Å²) in [5.74, 6) is -3.20. The summed E-state index contributed by atoms with van der Waals surface area (Å²) < 4.78 is 143. The summed E-state index contributed by atoms with van der Waals surface area (Å²) in [7, 11) is -11.1. The van der Waals surface area contributed by atoms with Crippen molar-refractivity contribution in [3.63, 3.8) is 0 Å². The van der Waals surface area contributed by atoms with Crippen molar-refractivity contribution in [2.45, 2.75) is 200 Å². The highest BCUT2D eigenvalue weighted by Gasteiger charge is 2.73. The summed E-state index contributed by atoms with van der Waals surface area (Å²) in [5.41, 5.74) is -2.27. The highest BCUT2D eigenvalue weighted by molar-refractivity contribution is 7.99. The van der Waals surface area contributed by atoms with Gasteiger partial charge >= 0.3 is 5.51 Å². The molecule has 4 aromatic carbocycles. The van der Waals surface area contributed by atoms with Crippen molar-refractivity contribution >= 4 is 83.9 Å². The molecule has 112 heavy (non-hydrogen) atoms. The number of benzene rings is 4. The fourth-order valence-electron chi connectivity index (χ4n) is 16.8. The number of sulfonamides is 1. The van der Waals surface area contributed by atoms with Crippen molar-refractivity contribution in [2.75, 3.05) is 101 Å². The Morgan fingerprint density at radius 1 is 0.777 bits per heavy atom. The number of thioether (sulfide) groups is 1. The van der Waals surface area contributed by atoms with Crippen LogP contribution in [0.1, 0.15) is 159 Å². The van der Waals surface area contributed by atoms with Crippen LogP contribution in [0.4, 0.5) is 37.7 Å². The number of nitrogens with one attached hydrogen (secondary N) is 5. The third kappa shape index (κ3) is 19.9. The van der Waals surface area contributed by atoms with Crippen molar-refractivity contribution < 1.29 is 72.3 Å². The molecule has 1 aromatic heterocycles. The minimum atomic E-state index is -6.18. The quantitative estimate of drug-likeness (QED) is 0.00987. The number of amides is 5. The van der Waals surface area contributed by atoms with Gasteiger partial charge in [-0.1, -0.05) is 101 Å². The molecule has 3 saturated heterocycles. The number of β-amino-alcohol motifs (C(OH)–C–C–N with tert-alkyl or cyclic N) is 1. The summed E-state index contributed by atoms with van der Waals surface area (Å²) in [4.78, 5) is 83.2. The van der Waals surface area contributed by atoms with Gasteiger partial charge in [-0.15, -0.1) is 23.1 Å². The van der Waals surface area contributed by atoms with Crippen molar-refractivity contribution in [1.82, 2.24) is 45.3 Å². The van der Waals surface area contributed by atoms with Gasteiger partial charge in [-0.3, -0.25) is 28.9 Å². The molecule has 0 spiro atoms. The van der Waals surface area contributed by atoms with Crippen LogP contribution in [0.5, 0.6) is 0 Å². The Morgan fingerprint density at radius 2 is 1.43 bits per heavy atom. The summed E-state index contributed by atoms with van der Waals surface area (Å²) in [6.07, 6.45) is 4.87. The first-order valence-corrected chi connectivity index (χ1v) is 43.8. The number of likely N-dealkylation sites (tertiary alicyclic amines) is 1. The normalized spacial score (nSPS) is 23.0. The molecule has 5 atom stereocenters. The first-order chi connectivity index (χ1) is 52.9. The fraction of sp³-hybridized carbons (Fsp3) is 0.580. The topological polar surface area (TPSA) is 263 Å². The van der Waals surface area contributed by atoms with E-state index in [9.17, 15) is 72.3 Å². The molecule has 4 saturated carbocycles. The average Bonchev–Trinajstić information content (AvgIpc) is 1.42. The van der Waals surface area contributed by atoms with Crippen LogP contribution in [-0.2, 0) is 39.0 Å². The first-order valence-electron chi connectivity index (χ1n) is 39.0. The van der Waals surface area contributed by atoms with Gasteiger partial charge in [0, 0.05) is 118 Å². The second kappa shape index (κ2) is 34.4. The number of aryl methyl sites for hydroxylation is 1. The number of aromatic nitrogens is 1. The van der Waals surface area contributed by atoms with Crippen molar-refractivity contribution in [3.8, 4) is 10.4 Å². The Labute approximate surface area is 661 Å². The number of piperazine rings is 2. The second-order valence-corrected chi connectivity index (χ2v) is 39.3. The van der Waals surface area contributed by atoms with Crippen LogP contribution in [0.15, 0.2) is 128 Å². The molecule has 5 aromatic rings. The number of aliphatic hydroxyl groups excluding tert-OH is 1. The molecule has 31 heteroatoms. The lowest BCUT2D eigenvalue weighted by Gasteiger charge is -2.72. The van der Waals surface area contributed by atoms with E-state index in [1.807, 2.05) is 66.2 Å². The molecule has 5 amide bonds. The number of carbonyl (C=O) groups excluding carboxylic acids is 5. The van der Waals surface area contributed by atoms with Crippen molar-refractivity contribution in [2.24, 2.45) is 21.7 Å². The number of sulfone groups is 1. The Hall–Kier alpha value is -7.13. The SMILES string of the molecule is Cc1ncsc1-c1ccc([C@H](CC(=O)NCCCCCCN2CCN(CC[C@H](CSc3ccccc3)Nc3ccc(S(=O)(=O)NC(=O)c4ccc(N5CCN(CC6=C(C78CC(C(F)F)(C7)C8)CC(C)(C)CC6)CC5)cc4)cc3S(=O)(=O)C(F)(F)F)CC2)NC(=O)C2CC(O)CN2C(=O)[C@@H](NC(=O)C2(F)CC2)C(C)(C)C)cc1. The zero-order valence-corrected chi connectivity index (χ0v) is 67.8. The lowest BCUT2D eigenvalue weighted by atomic mass is 9.32. The van der Waals surface area contributed by atoms with E-state index in [2.05, 4.69) is 59.7 Å². The minimum absolute atomic E-state index is 0.0505. The Bertz CT molecular complexity index is 4450. The van der Waals surface area contributed by atoms with E-state index in [1.165, 1.54) is 51.3 Å². The van der Waals surface area contributed by atoms with Crippen molar-refractivity contribution in [1.29, 1.82) is 0 Å². The maximum atomic E-state index is 14.9. The second-order valence-electron chi connectivity index (χ2n) is 33.7. The van der Waals surface area contributed by atoms with Crippen LogP contribution >= 0.6 is 23.1 Å². The first kappa shape index (κ1) is 84.3. The highest BCUT2D eigenvalue weighted by Crippen LogP contribution is 2.79. The number of halogens is 6. The number of thiazole rings is 1. The molecule has 13 rings (SSSR count). The fourth-order valence-corrected chi connectivity index (χ4v) is 20.6. The molecule has 610 valence electrons. The zero-order valence-electron chi connectivity index (χ0n) is 64.5. The van der Waals surface area contributed by atoms with E-state index < -0.39 is 118 Å². The Morgan fingerprint density at radius 3 is 2.05 bits per heavy atom. The maximum absolute atomic E-state index is 14.9. The average molecular weight is 1640 g/mol. The van der Waals surface area contributed by atoms with E-state index in [0.29, 0.717) is 88.8 Å². The molecule has 2 unspecified atom stereocenters. The van der Waals surface area contributed by atoms with E-state index in [1.54, 1.807) is 38.4 Å². The predicted octanol–water partition coefficient (Wildman–Crippen LogP) is 12.1. The van der Waals surface area contributed by atoms with Gasteiger partial charge in [0.2, 0.25) is 24.1 Å². The number of alkyl halides is 6. The number of hydrogen-bond donors (Lipinski definition) is 6. The predicted molar refractivity (Wildman–Crippen MR) is 421 cm³/mol. The number of anilines is 2.